The van der Waals surface area contributed by atoms with E-state index in [0.29, 0.717) is 17.9 Å². The number of carboxylic acid groups (broad SMARTS) is 1. The number of pyridine rings is 1. The Morgan fingerprint density at radius 2 is 2.10 bits per heavy atom. The second-order valence-corrected chi connectivity index (χ2v) is 4.15. The molecule has 0 radical (unpaired) electrons. The van der Waals surface area contributed by atoms with E-state index in [2.05, 4.69) is 4.98 Å². The van der Waals surface area contributed by atoms with E-state index in [1.807, 2.05) is 12.1 Å². The van der Waals surface area contributed by atoms with Crippen molar-refractivity contribution in [2.75, 3.05) is 7.11 Å². The zero-order chi connectivity index (χ0) is 14.4. The number of hydrogen-bond acceptors (Lipinski definition) is 4. The van der Waals surface area contributed by atoms with Gasteiger partial charge in [0, 0.05) is 12.4 Å². The lowest BCUT2D eigenvalue weighted by Gasteiger charge is -2.11. The Morgan fingerprint density at radius 1 is 1.25 bits per heavy atom. The molecule has 0 atom stereocenters. The van der Waals surface area contributed by atoms with Crippen LogP contribution in [0.3, 0.4) is 0 Å². The Morgan fingerprint density at radius 3 is 2.75 bits per heavy atom. The first kappa shape index (κ1) is 14.0. The molecule has 0 aliphatic carbocycles. The van der Waals surface area contributed by atoms with E-state index in [1.54, 1.807) is 30.6 Å². The summed E-state index contributed by atoms with van der Waals surface area (Å²) in [4.78, 5) is 15.3. The van der Waals surface area contributed by atoms with Crippen molar-refractivity contribution in [2.45, 2.75) is 13.2 Å². The van der Waals surface area contributed by atoms with E-state index in [0.717, 1.165) is 5.56 Å². The highest BCUT2D eigenvalue weighted by molar-refractivity contribution is 5.92. The van der Waals surface area contributed by atoms with Crippen molar-refractivity contribution >= 4 is 5.97 Å². The van der Waals surface area contributed by atoms with Gasteiger partial charge in [-0.1, -0.05) is 18.2 Å². The summed E-state index contributed by atoms with van der Waals surface area (Å²) >= 11 is 0. The van der Waals surface area contributed by atoms with Gasteiger partial charge in [-0.15, -0.1) is 0 Å². The predicted molar refractivity (Wildman–Crippen MR) is 72.7 cm³/mol. The first-order chi connectivity index (χ1) is 9.72. The fourth-order valence-corrected chi connectivity index (χ4v) is 1.87. The van der Waals surface area contributed by atoms with Crippen LogP contribution in [0.15, 0.2) is 42.7 Å². The van der Waals surface area contributed by atoms with Crippen LogP contribution < -0.4 is 4.74 Å². The van der Waals surface area contributed by atoms with Crippen LogP contribution in [0.2, 0.25) is 0 Å². The van der Waals surface area contributed by atoms with Crippen molar-refractivity contribution < 1.29 is 19.4 Å². The average Bonchev–Trinajstić information content (AvgIpc) is 2.47. The summed E-state index contributed by atoms with van der Waals surface area (Å²) in [5, 5.41) is 9.25. The van der Waals surface area contributed by atoms with Gasteiger partial charge in [0.15, 0.2) is 0 Å². The van der Waals surface area contributed by atoms with Crippen LogP contribution in [-0.4, -0.2) is 23.2 Å². The Hall–Kier alpha value is -2.40. The number of carbonyl (C=O) groups is 1. The number of hydrogen-bond donors (Lipinski definition) is 1. The van der Waals surface area contributed by atoms with E-state index >= 15 is 0 Å². The molecule has 1 aromatic carbocycles. The van der Waals surface area contributed by atoms with Crippen molar-refractivity contribution in [3.05, 3.63) is 59.4 Å². The summed E-state index contributed by atoms with van der Waals surface area (Å²) in [5.74, 6) is -0.692. The molecular formula is C15H15NO4. The number of methoxy groups -OCH3 is 1. The quantitative estimate of drug-likeness (QED) is 0.875. The molecule has 0 saturated heterocycles. The van der Waals surface area contributed by atoms with Gasteiger partial charge in [0.25, 0.3) is 0 Å². The van der Waals surface area contributed by atoms with Gasteiger partial charge in [-0.3, -0.25) is 4.98 Å². The topological polar surface area (TPSA) is 68.7 Å². The lowest BCUT2D eigenvalue weighted by Crippen LogP contribution is -2.07. The van der Waals surface area contributed by atoms with Gasteiger partial charge < -0.3 is 14.6 Å². The Balaban J connectivity index is 2.08. The molecule has 104 valence electrons. The lowest BCUT2D eigenvalue weighted by atomic mass is 10.1. The fourth-order valence-electron chi connectivity index (χ4n) is 1.87. The van der Waals surface area contributed by atoms with Crippen molar-refractivity contribution in [1.29, 1.82) is 0 Å². The third-order valence-electron chi connectivity index (χ3n) is 2.80. The largest absolute Gasteiger partial charge is 0.496 e. The number of ether oxygens (including phenoxy) is 2. The molecule has 2 rings (SSSR count). The minimum absolute atomic E-state index is 0.140. The number of nitrogens with zero attached hydrogens (tertiary/aromatic N) is 1. The van der Waals surface area contributed by atoms with E-state index < -0.39 is 5.97 Å². The van der Waals surface area contributed by atoms with Gasteiger partial charge in [0.05, 0.1) is 20.3 Å². The first-order valence-corrected chi connectivity index (χ1v) is 6.08. The SMILES string of the molecule is COc1cccc(COCc2cccnc2)c1C(=O)O. The number of carboxylic acids is 1. The van der Waals surface area contributed by atoms with Crippen LogP contribution in [0.25, 0.3) is 0 Å². The summed E-state index contributed by atoms with van der Waals surface area (Å²) in [6.45, 7) is 0.581. The number of benzene rings is 1. The smallest absolute Gasteiger partial charge is 0.339 e. The third kappa shape index (κ3) is 3.33. The molecule has 0 saturated carbocycles. The van der Waals surface area contributed by atoms with Crippen molar-refractivity contribution in [3.8, 4) is 5.75 Å². The maximum Gasteiger partial charge on any atom is 0.339 e. The molecule has 0 bridgehead atoms. The van der Waals surface area contributed by atoms with Crippen LogP contribution in [0, 0.1) is 0 Å². The number of aromatic nitrogens is 1. The third-order valence-corrected chi connectivity index (χ3v) is 2.80. The predicted octanol–water partition coefficient (Wildman–Crippen LogP) is 2.51. The zero-order valence-corrected chi connectivity index (χ0v) is 11.1. The van der Waals surface area contributed by atoms with Crippen molar-refractivity contribution in [2.24, 2.45) is 0 Å². The lowest BCUT2D eigenvalue weighted by molar-refractivity contribution is 0.0680. The molecule has 20 heavy (non-hydrogen) atoms. The highest BCUT2D eigenvalue weighted by atomic mass is 16.5. The van der Waals surface area contributed by atoms with Gasteiger partial charge in [-0.05, 0) is 23.3 Å². The normalized spacial score (nSPS) is 10.2. The van der Waals surface area contributed by atoms with Gasteiger partial charge in [0.2, 0.25) is 0 Å². The number of rotatable bonds is 6. The van der Waals surface area contributed by atoms with Gasteiger partial charge in [-0.2, -0.15) is 0 Å². The molecule has 0 spiro atoms. The molecule has 0 aliphatic rings. The highest BCUT2D eigenvalue weighted by Gasteiger charge is 2.15. The van der Waals surface area contributed by atoms with Crippen LogP contribution in [0.1, 0.15) is 21.5 Å². The Bertz CT molecular complexity index is 584. The van der Waals surface area contributed by atoms with Crippen LogP contribution in [0.4, 0.5) is 0 Å². The zero-order valence-electron chi connectivity index (χ0n) is 11.1. The summed E-state index contributed by atoms with van der Waals surface area (Å²) < 4.78 is 10.6. The van der Waals surface area contributed by atoms with Crippen LogP contribution in [0.5, 0.6) is 5.75 Å². The van der Waals surface area contributed by atoms with Gasteiger partial charge in [-0.25, -0.2) is 4.79 Å². The Labute approximate surface area is 116 Å². The van der Waals surface area contributed by atoms with E-state index in [-0.39, 0.29) is 12.2 Å². The van der Waals surface area contributed by atoms with Crippen molar-refractivity contribution in [1.82, 2.24) is 4.98 Å². The molecule has 2 aromatic rings. The summed E-state index contributed by atoms with van der Waals surface area (Å²) in [5.41, 5.74) is 1.66. The highest BCUT2D eigenvalue weighted by Crippen LogP contribution is 2.23. The van der Waals surface area contributed by atoms with Crippen LogP contribution in [-0.2, 0) is 18.0 Å². The maximum absolute atomic E-state index is 11.3. The van der Waals surface area contributed by atoms with E-state index in [1.165, 1.54) is 7.11 Å². The summed E-state index contributed by atoms with van der Waals surface area (Å²) in [6, 6.07) is 8.81. The minimum Gasteiger partial charge on any atom is -0.496 e. The van der Waals surface area contributed by atoms with Gasteiger partial charge >= 0.3 is 5.97 Å². The molecule has 0 unspecified atom stereocenters. The molecule has 0 fully saturated rings. The second-order valence-electron chi connectivity index (χ2n) is 4.15. The maximum atomic E-state index is 11.3. The summed E-state index contributed by atoms with van der Waals surface area (Å²) in [6.07, 6.45) is 3.40. The molecule has 5 heteroatoms. The van der Waals surface area contributed by atoms with Crippen LogP contribution >= 0.6 is 0 Å². The molecule has 1 heterocycles. The molecule has 5 nitrogen and oxygen atoms in total. The standard InChI is InChI=1S/C15H15NO4/c1-19-13-6-2-5-12(14(13)15(17)18)10-20-9-11-4-3-7-16-8-11/h2-8H,9-10H2,1H3,(H,17,18). The van der Waals surface area contributed by atoms with Gasteiger partial charge in [0.1, 0.15) is 11.3 Å². The Kier molecular flexibility index (Phi) is 4.68. The summed E-state index contributed by atoms with van der Waals surface area (Å²) in [7, 11) is 1.45. The molecule has 1 aromatic heterocycles. The first-order valence-electron chi connectivity index (χ1n) is 6.08. The van der Waals surface area contributed by atoms with Crippen molar-refractivity contribution in [3.63, 3.8) is 0 Å². The molecule has 1 N–H and O–H groups in total. The number of aromatic carboxylic acids is 1. The monoisotopic (exact) mass is 273 g/mol. The minimum atomic E-state index is -1.03. The molecular weight excluding hydrogens is 258 g/mol. The fraction of sp³-hybridized carbons (Fsp3) is 0.200. The second kappa shape index (κ2) is 6.68. The average molecular weight is 273 g/mol. The van der Waals surface area contributed by atoms with E-state index in [4.69, 9.17) is 9.47 Å². The molecule has 0 aliphatic heterocycles. The molecule has 0 amide bonds. The van der Waals surface area contributed by atoms with E-state index in [9.17, 15) is 9.90 Å².